The molecule has 15 heteroatoms. The molecule has 2 aliphatic heterocycles. The Labute approximate surface area is 495 Å². The van der Waals surface area contributed by atoms with Crippen LogP contribution < -0.4 is 10.6 Å². The zero-order valence-corrected chi connectivity index (χ0v) is 49.1. The average molecular weight is 1170 g/mol. The zero-order valence-electron chi connectivity index (χ0n) is 45.3. The molecular formula is C64H79Cl5N6O4. The van der Waals surface area contributed by atoms with E-state index in [2.05, 4.69) is 109 Å². The maximum atomic E-state index is 12.8. The summed E-state index contributed by atoms with van der Waals surface area (Å²) in [6.45, 7) is 16.0. The molecule has 12 bridgehead atoms. The van der Waals surface area contributed by atoms with Crippen LogP contribution in [0.25, 0.3) is 0 Å². The van der Waals surface area contributed by atoms with Gasteiger partial charge in [-0.25, -0.2) is 0 Å². The predicted octanol–water partition coefficient (Wildman–Crippen LogP) is 13.0. The van der Waals surface area contributed by atoms with Crippen LogP contribution in [0.2, 0.25) is 0 Å². The number of nitrogens with zero attached hydrogens (tertiary/aromatic N) is 4. The molecule has 0 spiro atoms. The molecule has 79 heavy (non-hydrogen) atoms. The molecule has 0 saturated carbocycles. The van der Waals surface area contributed by atoms with Crippen molar-refractivity contribution in [2.75, 3.05) is 43.2 Å². The minimum atomic E-state index is -0.508. The molecule has 6 aromatic carbocycles. The lowest BCUT2D eigenvalue weighted by atomic mass is 10.0. The number of rotatable bonds is 7. The first-order valence-electron chi connectivity index (χ1n) is 26.7. The van der Waals surface area contributed by atoms with Crippen molar-refractivity contribution < 1.29 is 19.2 Å². The van der Waals surface area contributed by atoms with Gasteiger partial charge in [0.05, 0.1) is 5.88 Å². The van der Waals surface area contributed by atoms with Crippen LogP contribution in [0.3, 0.4) is 0 Å². The first-order chi connectivity index (χ1) is 37.8. The van der Waals surface area contributed by atoms with E-state index in [1.807, 2.05) is 72.8 Å². The third kappa shape index (κ3) is 24.2. The topological polar surface area (TPSA) is 105 Å². The van der Waals surface area contributed by atoms with E-state index in [-0.39, 0.29) is 48.7 Å². The highest BCUT2D eigenvalue weighted by Gasteiger charge is 2.20. The number of hydrogen-bond acceptors (Lipinski definition) is 7. The first kappa shape index (κ1) is 66.2. The second-order valence-corrected chi connectivity index (χ2v) is 20.7. The molecule has 3 amide bonds. The molecule has 0 aliphatic carbocycles. The van der Waals surface area contributed by atoms with Gasteiger partial charge < -0.3 is 30.2 Å². The number of hydrogen-bond donors (Lipinski definition) is 2. The van der Waals surface area contributed by atoms with Crippen molar-refractivity contribution in [3.05, 3.63) is 212 Å². The van der Waals surface area contributed by atoms with Gasteiger partial charge in [-0.05, 0) is 117 Å². The zero-order chi connectivity index (χ0) is 56.1. The molecule has 2 heterocycles. The van der Waals surface area contributed by atoms with Gasteiger partial charge in [0, 0.05) is 65.4 Å². The minimum absolute atomic E-state index is 0. The summed E-state index contributed by atoms with van der Waals surface area (Å²) < 4.78 is 0. The fourth-order valence-electron chi connectivity index (χ4n) is 9.26. The summed E-state index contributed by atoms with van der Waals surface area (Å²) in [6, 6.07) is 50.5. The van der Waals surface area contributed by atoms with Crippen LogP contribution in [0.5, 0.6) is 0 Å². The molecule has 2 aliphatic rings. The van der Waals surface area contributed by atoms with E-state index in [9.17, 15) is 19.2 Å². The number of fused-ring (bicyclic) bond motifs is 12. The smallest absolute Gasteiger partial charge is 0.238 e. The number of nitrogens with one attached hydrogen (secondary N) is 2. The number of benzene rings is 6. The third-order valence-electron chi connectivity index (χ3n) is 13.3. The Kier molecular flexibility index (Phi) is 30.9. The Balaban J connectivity index is 0.000000289. The van der Waals surface area contributed by atoms with Gasteiger partial charge in [0.2, 0.25) is 23.0 Å². The second-order valence-electron chi connectivity index (χ2n) is 19.2. The standard InChI is InChI=1S/C30H30Cl3N3O3.C25H28N2.C6H15N.C2H2Cl2O.CH4/c31-13-28(37)34-16-22-4-1-5-23(10-22)17-35(29(38)14-32)19-25-7-3-9-27(12-25)21-36(30(39)15-33)20-26-8-2-6-24(11-26)18-34;1-5-20-7-2-9-22(13-20)16-26-18-24-11-4-12-25(15-24)19-27-17-23-10-3-8-21(6-1)14-23;1-4-7(5-2)6-3;3-1-2(4)5;/h1-12H,13-21H2;2-4,7-15,26-27H,1,5-6,16-19H2;4-6H2,1-3H3;1H2;1H4. The summed E-state index contributed by atoms with van der Waals surface area (Å²) in [5, 5.41) is 6.68. The number of amides is 3. The van der Waals surface area contributed by atoms with E-state index in [0.29, 0.717) is 39.3 Å². The van der Waals surface area contributed by atoms with E-state index >= 15 is 0 Å². The molecule has 10 nitrogen and oxygen atoms in total. The van der Waals surface area contributed by atoms with Gasteiger partial charge >= 0.3 is 0 Å². The van der Waals surface area contributed by atoms with Crippen LogP contribution >= 0.6 is 58.0 Å². The molecule has 6 aromatic rings. The molecule has 0 radical (unpaired) electrons. The highest BCUT2D eigenvalue weighted by molar-refractivity contribution is 6.67. The van der Waals surface area contributed by atoms with Crippen molar-refractivity contribution in [3.63, 3.8) is 0 Å². The summed E-state index contributed by atoms with van der Waals surface area (Å²) in [5.74, 6) is -1.04. The van der Waals surface area contributed by atoms with Crippen molar-refractivity contribution in [2.24, 2.45) is 0 Å². The molecule has 0 saturated heterocycles. The molecule has 0 unspecified atom stereocenters. The van der Waals surface area contributed by atoms with Crippen molar-refractivity contribution >= 4 is 81.0 Å². The van der Waals surface area contributed by atoms with Crippen LogP contribution in [0.1, 0.15) is 101 Å². The fourth-order valence-corrected chi connectivity index (χ4v) is 9.77. The van der Waals surface area contributed by atoms with E-state index in [0.717, 1.165) is 72.4 Å². The molecule has 8 rings (SSSR count). The number of carbonyl (C=O) groups excluding carboxylic acids is 4. The van der Waals surface area contributed by atoms with Gasteiger partial charge in [-0.15, -0.1) is 46.4 Å². The molecule has 0 fully saturated rings. The van der Waals surface area contributed by atoms with Crippen LogP contribution in [0.4, 0.5) is 0 Å². The minimum Gasteiger partial charge on any atom is -0.333 e. The van der Waals surface area contributed by atoms with E-state index < -0.39 is 5.24 Å². The molecule has 2 N–H and O–H groups in total. The Hall–Kier alpha value is -5.27. The fraction of sp³-hybridized carbons (Fsp3) is 0.375. The maximum Gasteiger partial charge on any atom is 0.238 e. The number of aryl methyl sites for hydroxylation is 2. The van der Waals surface area contributed by atoms with Crippen molar-refractivity contribution in [2.45, 2.75) is 113 Å². The van der Waals surface area contributed by atoms with Gasteiger partial charge in [-0.2, -0.15) is 0 Å². The van der Waals surface area contributed by atoms with Crippen LogP contribution in [0, 0.1) is 0 Å². The average Bonchev–Trinajstić information content (AvgIpc) is 3.46. The Bertz CT molecular complexity index is 2410. The van der Waals surface area contributed by atoms with Gasteiger partial charge in [0.25, 0.3) is 0 Å². The Morgan fingerprint density at radius 1 is 0.392 bits per heavy atom. The van der Waals surface area contributed by atoms with Crippen molar-refractivity contribution in [1.82, 2.24) is 30.2 Å². The summed E-state index contributed by atoms with van der Waals surface area (Å²) >= 11 is 27.4. The lowest BCUT2D eigenvalue weighted by Gasteiger charge is -2.26. The SMILES string of the molecule is C.CCN(CC)CC.O=C(CCl)N1Cc2cccc(c2)CN(C(=O)CCl)Cc2cccc(c2)CN(C(=O)CCl)Cc2cccc(c2)C1.O=C(Cl)CCl.c1cc2cc(c1)CNCc1cccc(c1)CNCc1cccc(c1)CCC2. The first-order valence-corrected chi connectivity index (χ1v) is 29.2. The number of halogens is 5. The van der Waals surface area contributed by atoms with Crippen LogP contribution in [-0.2, 0) is 97.5 Å². The van der Waals surface area contributed by atoms with Gasteiger partial charge in [0.1, 0.15) is 17.6 Å². The lowest BCUT2D eigenvalue weighted by Crippen LogP contribution is -2.33. The maximum absolute atomic E-state index is 12.8. The van der Waals surface area contributed by atoms with Crippen molar-refractivity contribution in [3.8, 4) is 0 Å². The summed E-state index contributed by atoms with van der Waals surface area (Å²) in [6.07, 6.45) is 3.47. The highest BCUT2D eigenvalue weighted by atomic mass is 35.5. The molecular weight excluding hydrogens is 1090 g/mol. The molecule has 424 valence electrons. The monoisotopic (exact) mass is 1170 g/mol. The summed E-state index contributed by atoms with van der Waals surface area (Å²) in [7, 11) is 0. The van der Waals surface area contributed by atoms with Crippen LogP contribution in [0.15, 0.2) is 146 Å². The summed E-state index contributed by atoms with van der Waals surface area (Å²) in [5.41, 5.74) is 13.9. The van der Waals surface area contributed by atoms with E-state index in [4.69, 9.17) is 58.0 Å². The number of carbonyl (C=O) groups is 4. The highest BCUT2D eigenvalue weighted by Crippen LogP contribution is 2.21. The summed E-state index contributed by atoms with van der Waals surface area (Å²) in [4.78, 5) is 55.3. The second kappa shape index (κ2) is 36.9. The van der Waals surface area contributed by atoms with E-state index in [1.54, 1.807) is 14.7 Å². The van der Waals surface area contributed by atoms with Gasteiger partial charge in [-0.1, -0.05) is 174 Å². The van der Waals surface area contributed by atoms with Gasteiger partial charge in [-0.3, -0.25) is 19.2 Å². The van der Waals surface area contributed by atoms with Crippen LogP contribution in [-0.4, -0.2) is 85.7 Å². The number of alkyl halides is 4. The predicted molar refractivity (Wildman–Crippen MR) is 328 cm³/mol. The van der Waals surface area contributed by atoms with E-state index in [1.165, 1.54) is 59.4 Å². The molecule has 0 atom stereocenters. The third-order valence-corrected chi connectivity index (χ3v) is 14.5. The normalized spacial score (nSPS) is 13.8. The lowest BCUT2D eigenvalue weighted by molar-refractivity contribution is -0.130. The molecule has 0 aromatic heterocycles. The Morgan fingerprint density at radius 3 is 0.823 bits per heavy atom. The Morgan fingerprint density at radius 2 is 0.608 bits per heavy atom. The van der Waals surface area contributed by atoms with Gasteiger partial charge in [0.15, 0.2) is 0 Å². The quantitative estimate of drug-likeness (QED) is 0.121. The largest absolute Gasteiger partial charge is 0.333 e. The van der Waals surface area contributed by atoms with Crippen molar-refractivity contribution in [1.29, 1.82) is 0 Å².